The van der Waals surface area contributed by atoms with Crippen molar-refractivity contribution in [3.63, 3.8) is 0 Å². The molecule has 1 N–H and O–H groups in total. The molecule has 5 aromatic rings. The standard InChI is InChI=1S/C34H37F2N7O3/c1-20(42-16-29(35)38-19-42)17-46-28-5-3-4-22-12-27(43(31(22)28)14-21-6-7-21)33-39-26-13-25-24(30(36)32(26)40(33)2)8-10-41(34(25)44)15-23-18-45-11-9-37-23/h3-5,12-13,16,19-21,23,37H,6-11,14-15,17-18H2,1-2H3/t20-,23+/m1/s1. The van der Waals surface area contributed by atoms with Crippen molar-refractivity contribution in [1.82, 2.24) is 33.9 Å². The van der Waals surface area contributed by atoms with Gasteiger partial charge in [0.15, 0.2) is 11.6 Å². The van der Waals surface area contributed by atoms with Crippen molar-refractivity contribution in [2.24, 2.45) is 13.0 Å². The molecule has 2 aliphatic heterocycles. The van der Waals surface area contributed by atoms with Gasteiger partial charge in [0.05, 0.1) is 48.5 Å². The van der Waals surface area contributed by atoms with E-state index in [4.69, 9.17) is 14.5 Å². The number of halogens is 2. The Labute approximate surface area is 264 Å². The van der Waals surface area contributed by atoms with Crippen LogP contribution in [0.3, 0.4) is 0 Å². The highest BCUT2D eigenvalue weighted by Crippen LogP contribution is 2.40. The Morgan fingerprint density at radius 3 is 2.80 bits per heavy atom. The highest BCUT2D eigenvalue weighted by atomic mass is 19.1. The third-order valence-electron chi connectivity index (χ3n) is 9.60. The molecule has 8 rings (SSSR count). The SMILES string of the molecule is C[C@H](COc1cccc2cc(-c3nc4cc5c(c(F)c4n3C)CCN(C[C@H]3COCCN3)C5=O)n(CC3CC3)c12)n1cnc(F)c1. The lowest BCUT2D eigenvalue weighted by Crippen LogP contribution is -2.51. The Balaban J connectivity index is 1.16. The normalized spacial score (nSPS) is 19.3. The number of rotatable bonds is 9. The molecule has 10 nitrogen and oxygen atoms in total. The lowest BCUT2D eigenvalue weighted by molar-refractivity contribution is 0.0510. The third-order valence-corrected chi connectivity index (χ3v) is 9.60. The number of nitrogens with zero attached hydrogens (tertiary/aromatic N) is 6. The molecule has 1 aliphatic carbocycles. The average Bonchev–Trinajstić information content (AvgIpc) is 3.50. The van der Waals surface area contributed by atoms with Crippen molar-refractivity contribution in [1.29, 1.82) is 0 Å². The first-order chi connectivity index (χ1) is 22.4. The Hall–Kier alpha value is -4.29. The van der Waals surface area contributed by atoms with Gasteiger partial charge < -0.3 is 33.4 Å². The van der Waals surface area contributed by atoms with Gasteiger partial charge in [-0.1, -0.05) is 12.1 Å². The first kappa shape index (κ1) is 29.1. The maximum atomic E-state index is 16.3. The van der Waals surface area contributed by atoms with Crippen LogP contribution in [0.2, 0.25) is 0 Å². The van der Waals surface area contributed by atoms with Crippen LogP contribution in [0.15, 0.2) is 42.9 Å². The average molecular weight is 630 g/mol. The van der Waals surface area contributed by atoms with Crippen LogP contribution in [-0.2, 0) is 24.8 Å². The van der Waals surface area contributed by atoms with E-state index < -0.39 is 5.95 Å². The van der Waals surface area contributed by atoms with E-state index in [1.165, 1.54) is 12.5 Å². The fourth-order valence-corrected chi connectivity index (χ4v) is 6.91. The summed E-state index contributed by atoms with van der Waals surface area (Å²) < 4.78 is 47.5. The van der Waals surface area contributed by atoms with Crippen molar-refractivity contribution in [3.05, 3.63) is 65.7 Å². The van der Waals surface area contributed by atoms with Crippen molar-refractivity contribution >= 4 is 27.8 Å². The first-order valence-corrected chi connectivity index (χ1v) is 16.1. The van der Waals surface area contributed by atoms with E-state index in [1.54, 1.807) is 15.5 Å². The number of carbonyl (C=O) groups is 1. The Kier molecular flexibility index (Phi) is 7.28. The molecule has 0 spiro atoms. The van der Waals surface area contributed by atoms with Gasteiger partial charge in [-0.25, -0.2) is 14.4 Å². The molecule has 3 aliphatic rings. The Morgan fingerprint density at radius 2 is 2.04 bits per heavy atom. The van der Waals surface area contributed by atoms with Crippen LogP contribution >= 0.6 is 0 Å². The summed E-state index contributed by atoms with van der Waals surface area (Å²) in [5, 5.41) is 4.40. The first-order valence-electron chi connectivity index (χ1n) is 16.1. The van der Waals surface area contributed by atoms with Gasteiger partial charge in [-0.2, -0.15) is 4.39 Å². The number of amides is 1. The van der Waals surface area contributed by atoms with Crippen LogP contribution in [0.1, 0.15) is 41.7 Å². The van der Waals surface area contributed by atoms with Crippen LogP contribution in [0.4, 0.5) is 8.78 Å². The van der Waals surface area contributed by atoms with E-state index in [1.807, 2.05) is 36.7 Å². The molecule has 0 bridgehead atoms. The number of hydrogen-bond acceptors (Lipinski definition) is 6. The molecule has 3 aromatic heterocycles. The van der Waals surface area contributed by atoms with Gasteiger partial charge in [0.25, 0.3) is 5.91 Å². The predicted octanol–water partition coefficient (Wildman–Crippen LogP) is 4.71. The van der Waals surface area contributed by atoms with Crippen LogP contribution in [-0.4, -0.2) is 80.0 Å². The van der Waals surface area contributed by atoms with Gasteiger partial charge in [-0.3, -0.25) is 4.79 Å². The number of ether oxygens (including phenoxy) is 2. The van der Waals surface area contributed by atoms with E-state index in [2.05, 4.69) is 20.9 Å². The van der Waals surface area contributed by atoms with E-state index in [9.17, 15) is 9.18 Å². The number of fused-ring (bicyclic) bond motifs is 3. The van der Waals surface area contributed by atoms with Crippen LogP contribution in [0.5, 0.6) is 5.75 Å². The number of nitrogens with one attached hydrogen (secondary N) is 1. The maximum absolute atomic E-state index is 16.3. The second-order valence-electron chi connectivity index (χ2n) is 12.9. The van der Waals surface area contributed by atoms with E-state index in [0.717, 1.165) is 48.3 Å². The summed E-state index contributed by atoms with van der Waals surface area (Å²) in [5.74, 6) is 0.834. The number of aryl methyl sites for hydroxylation is 1. The number of benzene rings is 2. The van der Waals surface area contributed by atoms with Crippen LogP contribution < -0.4 is 10.1 Å². The Bertz CT molecular complexity index is 1950. The molecular weight excluding hydrogens is 592 g/mol. The molecule has 0 unspecified atom stereocenters. The lowest BCUT2D eigenvalue weighted by atomic mass is 9.97. The summed E-state index contributed by atoms with van der Waals surface area (Å²) in [5.41, 5.74) is 3.53. The maximum Gasteiger partial charge on any atom is 0.254 e. The summed E-state index contributed by atoms with van der Waals surface area (Å²) in [6.07, 6.45) is 5.57. The van der Waals surface area contributed by atoms with Gasteiger partial charge in [0.2, 0.25) is 5.95 Å². The van der Waals surface area contributed by atoms with Crippen molar-refractivity contribution in [2.45, 2.75) is 44.8 Å². The lowest BCUT2D eigenvalue weighted by Gasteiger charge is -2.33. The number of para-hydroxylation sites is 1. The molecule has 46 heavy (non-hydrogen) atoms. The quantitative estimate of drug-likeness (QED) is 0.254. The van der Waals surface area contributed by atoms with Crippen molar-refractivity contribution in [3.8, 4) is 17.3 Å². The van der Waals surface area contributed by atoms with Gasteiger partial charge in [-0.05, 0) is 50.3 Å². The molecule has 2 fully saturated rings. The summed E-state index contributed by atoms with van der Waals surface area (Å²) in [7, 11) is 1.84. The van der Waals surface area contributed by atoms with Crippen LogP contribution in [0, 0.1) is 17.7 Å². The molecule has 1 amide bonds. The van der Waals surface area contributed by atoms with E-state index in [0.29, 0.717) is 73.2 Å². The number of hydrogen-bond donors (Lipinski definition) is 1. The zero-order valence-corrected chi connectivity index (χ0v) is 26.0. The van der Waals surface area contributed by atoms with Gasteiger partial charge in [0, 0.05) is 55.8 Å². The number of imidazole rings is 2. The molecule has 0 radical (unpaired) electrons. The predicted molar refractivity (Wildman–Crippen MR) is 169 cm³/mol. The largest absolute Gasteiger partial charge is 0.489 e. The number of morpholine rings is 1. The molecule has 1 saturated heterocycles. The molecule has 240 valence electrons. The third kappa shape index (κ3) is 5.13. The summed E-state index contributed by atoms with van der Waals surface area (Å²) >= 11 is 0. The second kappa shape index (κ2) is 11.5. The highest BCUT2D eigenvalue weighted by Gasteiger charge is 2.32. The molecule has 2 atom stereocenters. The molecule has 5 heterocycles. The Morgan fingerprint density at radius 1 is 1.17 bits per heavy atom. The second-order valence-corrected chi connectivity index (χ2v) is 12.9. The minimum absolute atomic E-state index is 0.0636. The fraction of sp³-hybridized carbons (Fsp3) is 0.441. The van der Waals surface area contributed by atoms with Crippen molar-refractivity contribution in [2.75, 3.05) is 39.5 Å². The number of carbonyl (C=O) groups excluding carboxylic acids is 1. The van der Waals surface area contributed by atoms with Gasteiger partial charge in [-0.15, -0.1) is 0 Å². The fourth-order valence-electron chi connectivity index (χ4n) is 6.91. The minimum atomic E-state index is -0.523. The summed E-state index contributed by atoms with van der Waals surface area (Å²) in [6.45, 7) is 6.03. The molecule has 12 heteroatoms. The van der Waals surface area contributed by atoms with Crippen LogP contribution in [0.25, 0.3) is 33.5 Å². The monoisotopic (exact) mass is 629 g/mol. The topological polar surface area (TPSA) is 91.4 Å². The van der Waals surface area contributed by atoms with Gasteiger partial charge in [0.1, 0.15) is 17.9 Å². The van der Waals surface area contributed by atoms with E-state index in [-0.39, 0.29) is 23.8 Å². The van der Waals surface area contributed by atoms with Crippen molar-refractivity contribution < 1.29 is 23.0 Å². The minimum Gasteiger partial charge on any atom is -0.489 e. The summed E-state index contributed by atoms with van der Waals surface area (Å²) in [4.78, 5) is 24.1. The number of aromatic nitrogens is 5. The molecule has 2 aromatic carbocycles. The molecular formula is C34H37F2N7O3. The zero-order valence-electron chi connectivity index (χ0n) is 26.0. The van der Waals surface area contributed by atoms with E-state index >= 15 is 4.39 Å². The van der Waals surface area contributed by atoms with Gasteiger partial charge >= 0.3 is 0 Å². The summed E-state index contributed by atoms with van der Waals surface area (Å²) in [6, 6.07) is 9.74. The highest BCUT2D eigenvalue weighted by molar-refractivity contribution is 6.01. The molecule has 1 saturated carbocycles. The smallest absolute Gasteiger partial charge is 0.254 e. The zero-order chi connectivity index (χ0) is 31.5.